The maximum atomic E-state index is 12.1. The normalized spacial score (nSPS) is 14.0. The molecule has 0 unspecified atom stereocenters. The number of carbonyl (C=O) groups is 1. The Hall–Kier alpha value is -3.50. The average Bonchev–Trinajstić information content (AvgIpc) is 3.34. The molecule has 1 aliphatic rings. The molecular formula is C20H18N6O3S. The number of nitrogen functional groups attached to an aromatic ring is 1. The van der Waals surface area contributed by atoms with Gasteiger partial charge in [-0.15, -0.1) is 0 Å². The molecule has 3 aromatic heterocycles. The fraction of sp³-hybridized carbons (Fsp3) is 0.200. The second-order valence-corrected chi connectivity index (χ2v) is 7.87. The van der Waals surface area contributed by atoms with Crippen molar-refractivity contribution in [3.05, 3.63) is 41.0 Å². The third-order valence-electron chi connectivity index (χ3n) is 5.01. The van der Waals surface area contributed by atoms with E-state index in [4.69, 9.17) is 20.9 Å². The summed E-state index contributed by atoms with van der Waals surface area (Å²) >= 11 is 1.36. The minimum Gasteiger partial charge on any atom is -0.462 e. The van der Waals surface area contributed by atoms with Crippen molar-refractivity contribution in [3.8, 4) is 27.7 Å². The molecule has 9 nitrogen and oxygen atoms in total. The third kappa shape index (κ3) is 3.06. The van der Waals surface area contributed by atoms with Crippen LogP contribution < -0.4 is 16.2 Å². The Balaban J connectivity index is 1.66. The second-order valence-electron chi connectivity index (χ2n) is 7.05. The fourth-order valence-electron chi connectivity index (χ4n) is 3.42. The van der Waals surface area contributed by atoms with E-state index in [-0.39, 0.29) is 17.5 Å². The third-order valence-corrected chi connectivity index (χ3v) is 5.74. The number of aromatic nitrogens is 4. The number of fused-ring (bicyclic) bond motifs is 1. The highest BCUT2D eigenvalue weighted by atomic mass is 32.1. The number of pyridine rings is 1. The van der Waals surface area contributed by atoms with Crippen molar-refractivity contribution in [2.24, 2.45) is 5.73 Å². The number of aromatic amines is 1. The van der Waals surface area contributed by atoms with Crippen molar-refractivity contribution >= 4 is 33.8 Å². The van der Waals surface area contributed by atoms with E-state index >= 15 is 0 Å². The van der Waals surface area contributed by atoms with Gasteiger partial charge in [0, 0.05) is 16.3 Å². The van der Waals surface area contributed by atoms with Crippen LogP contribution in [-0.4, -0.2) is 45.4 Å². The van der Waals surface area contributed by atoms with Crippen molar-refractivity contribution in [2.75, 3.05) is 18.9 Å². The number of hydrogen-bond donors (Lipinski definition) is 3. The SMILES string of the molecule is Cc1ccc2[nH]ncc2c1-c1cc(-c2csc(OC3COC3)n2)nc(C(N)=O)c1N. The number of nitrogens with zero attached hydrogens (tertiary/aromatic N) is 3. The van der Waals surface area contributed by atoms with Gasteiger partial charge < -0.3 is 20.9 Å². The molecule has 0 spiro atoms. The highest BCUT2D eigenvalue weighted by Crippen LogP contribution is 2.38. The van der Waals surface area contributed by atoms with Crippen molar-refractivity contribution in [2.45, 2.75) is 13.0 Å². The molecule has 1 amide bonds. The van der Waals surface area contributed by atoms with Crippen LogP contribution in [0.25, 0.3) is 33.4 Å². The molecule has 1 fully saturated rings. The lowest BCUT2D eigenvalue weighted by molar-refractivity contribution is -0.0796. The van der Waals surface area contributed by atoms with E-state index in [0.29, 0.717) is 35.4 Å². The van der Waals surface area contributed by atoms with Crippen molar-refractivity contribution in [1.82, 2.24) is 20.2 Å². The number of rotatable bonds is 5. The van der Waals surface area contributed by atoms with Gasteiger partial charge in [0.05, 0.1) is 36.3 Å². The number of nitrogens with one attached hydrogen (secondary N) is 1. The first-order valence-electron chi connectivity index (χ1n) is 9.25. The largest absolute Gasteiger partial charge is 0.462 e. The Morgan fingerprint density at radius 1 is 1.30 bits per heavy atom. The molecule has 152 valence electrons. The topological polar surface area (TPSA) is 142 Å². The monoisotopic (exact) mass is 422 g/mol. The first-order valence-corrected chi connectivity index (χ1v) is 10.1. The molecule has 30 heavy (non-hydrogen) atoms. The van der Waals surface area contributed by atoms with Gasteiger partial charge in [-0.05, 0) is 30.2 Å². The molecule has 0 saturated carbocycles. The number of nitrogens with two attached hydrogens (primary N) is 2. The van der Waals surface area contributed by atoms with Gasteiger partial charge in [0.25, 0.3) is 11.1 Å². The Kier molecular flexibility index (Phi) is 4.37. The predicted molar refractivity (Wildman–Crippen MR) is 113 cm³/mol. The number of hydrogen-bond acceptors (Lipinski definition) is 8. The predicted octanol–water partition coefficient (Wildman–Crippen LogP) is 2.52. The van der Waals surface area contributed by atoms with Crippen LogP contribution in [0.1, 0.15) is 16.1 Å². The fourth-order valence-corrected chi connectivity index (χ4v) is 4.15. The first kappa shape index (κ1) is 18.5. The minimum absolute atomic E-state index is 0.00487. The van der Waals surface area contributed by atoms with E-state index in [0.717, 1.165) is 22.0 Å². The van der Waals surface area contributed by atoms with Crippen molar-refractivity contribution in [1.29, 1.82) is 0 Å². The molecule has 0 radical (unpaired) electrons. The summed E-state index contributed by atoms with van der Waals surface area (Å²) in [7, 11) is 0. The highest BCUT2D eigenvalue weighted by Gasteiger charge is 2.23. The quantitative estimate of drug-likeness (QED) is 0.448. The number of benzene rings is 1. The van der Waals surface area contributed by atoms with Crippen LogP contribution >= 0.6 is 11.3 Å². The second kappa shape index (κ2) is 7.08. The molecule has 4 heterocycles. The molecule has 5 rings (SSSR count). The van der Waals surface area contributed by atoms with Crippen LogP contribution in [0.5, 0.6) is 5.19 Å². The van der Waals surface area contributed by atoms with Crippen LogP contribution in [0, 0.1) is 6.92 Å². The molecule has 0 atom stereocenters. The summed E-state index contributed by atoms with van der Waals surface area (Å²) in [6, 6.07) is 5.74. The van der Waals surface area contributed by atoms with Gasteiger partial charge in [0.2, 0.25) is 0 Å². The zero-order chi connectivity index (χ0) is 20.8. The average molecular weight is 422 g/mol. The first-order chi connectivity index (χ1) is 14.5. The lowest BCUT2D eigenvalue weighted by Crippen LogP contribution is -2.38. The summed E-state index contributed by atoms with van der Waals surface area (Å²) < 4.78 is 10.9. The van der Waals surface area contributed by atoms with E-state index < -0.39 is 5.91 Å². The smallest absolute Gasteiger partial charge is 0.274 e. The number of amides is 1. The van der Waals surface area contributed by atoms with E-state index in [2.05, 4.69) is 20.2 Å². The molecule has 0 bridgehead atoms. The summed E-state index contributed by atoms with van der Waals surface area (Å²) in [6.07, 6.45) is 1.75. The van der Waals surface area contributed by atoms with Gasteiger partial charge in [-0.2, -0.15) is 5.10 Å². The number of ether oxygens (including phenoxy) is 2. The van der Waals surface area contributed by atoms with Crippen LogP contribution in [0.4, 0.5) is 5.69 Å². The number of aryl methyl sites for hydroxylation is 1. The molecule has 10 heteroatoms. The molecule has 1 saturated heterocycles. The van der Waals surface area contributed by atoms with Gasteiger partial charge >= 0.3 is 0 Å². The minimum atomic E-state index is -0.703. The van der Waals surface area contributed by atoms with E-state index in [1.807, 2.05) is 30.5 Å². The van der Waals surface area contributed by atoms with Crippen LogP contribution in [0.2, 0.25) is 0 Å². The van der Waals surface area contributed by atoms with Crippen LogP contribution in [0.15, 0.2) is 29.8 Å². The standard InChI is InChI=1S/C20H18N6O3S/c1-9-2-3-13-12(5-23-26-13)16(9)11-4-14(24-18(17(11)21)19(22)27)15-8-30-20(25-15)29-10-6-28-7-10/h2-5,8,10H,6-7,21H2,1H3,(H2,22,27)(H,23,26). The molecule has 1 aliphatic heterocycles. The van der Waals surface area contributed by atoms with E-state index in [1.54, 1.807) is 6.20 Å². The number of carbonyl (C=O) groups excluding carboxylic acids is 1. The summed E-state index contributed by atoms with van der Waals surface area (Å²) in [6.45, 7) is 3.08. The van der Waals surface area contributed by atoms with E-state index in [1.165, 1.54) is 11.3 Å². The number of thiazole rings is 1. The maximum absolute atomic E-state index is 12.1. The van der Waals surface area contributed by atoms with Gasteiger partial charge in [-0.3, -0.25) is 9.89 Å². The summed E-state index contributed by atoms with van der Waals surface area (Å²) in [5, 5.41) is 10.3. The van der Waals surface area contributed by atoms with Gasteiger partial charge in [0.15, 0.2) is 5.69 Å². The molecule has 5 N–H and O–H groups in total. The lowest BCUT2D eigenvalue weighted by Gasteiger charge is -2.25. The number of H-pyrrole nitrogens is 1. The Bertz CT molecular complexity index is 1280. The summed E-state index contributed by atoms with van der Waals surface area (Å²) in [4.78, 5) is 21.0. The van der Waals surface area contributed by atoms with Gasteiger partial charge in [0.1, 0.15) is 11.8 Å². The van der Waals surface area contributed by atoms with Crippen LogP contribution in [-0.2, 0) is 4.74 Å². The lowest BCUT2D eigenvalue weighted by atomic mass is 9.94. The zero-order valence-corrected chi connectivity index (χ0v) is 16.8. The summed E-state index contributed by atoms with van der Waals surface area (Å²) in [5.74, 6) is -0.703. The van der Waals surface area contributed by atoms with Crippen LogP contribution in [0.3, 0.4) is 0 Å². The number of anilines is 1. The molecular weight excluding hydrogens is 404 g/mol. The van der Waals surface area contributed by atoms with Gasteiger partial charge in [-0.25, -0.2) is 9.97 Å². The molecule has 4 aromatic rings. The maximum Gasteiger partial charge on any atom is 0.274 e. The highest BCUT2D eigenvalue weighted by molar-refractivity contribution is 7.11. The van der Waals surface area contributed by atoms with E-state index in [9.17, 15) is 4.79 Å². The zero-order valence-electron chi connectivity index (χ0n) is 16.0. The Labute approximate surface area is 175 Å². The Morgan fingerprint density at radius 3 is 2.87 bits per heavy atom. The van der Waals surface area contributed by atoms with Gasteiger partial charge in [-0.1, -0.05) is 17.4 Å². The van der Waals surface area contributed by atoms with Crippen molar-refractivity contribution in [3.63, 3.8) is 0 Å². The molecule has 0 aliphatic carbocycles. The molecule has 1 aromatic carbocycles. The summed E-state index contributed by atoms with van der Waals surface area (Å²) in [5.41, 5.74) is 16.6. The number of primary amides is 1. The Morgan fingerprint density at radius 2 is 2.13 bits per heavy atom. The van der Waals surface area contributed by atoms with Crippen molar-refractivity contribution < 1.29 is 14.3 Å².